The van der Waals surface area contributed by atoms with E-state index < -0.39 is 5.97 Å². The molecular weight excluding hydrogens is 528 g/mol. The van der Waals surface area contributed by atoms with Gasteiger partial charge in [0.25, 0.3) is 0 Å². The van der Waals surface area contributed by atoms with E-state index in [-0.39, 0.29) is 11.7 Å². The first kappa shape index (κ1) is 26.6. The van der Waals surface area contributed by atoms with Crippen molar-refractivity contribution in [3.63, 3.8) is 0 Å². The van der Waals surface area contributed by atoms with Gasteiger partial charge in [0.15, 0.2) is 5.16 Å². The molecule has 1 amide bonds. The number of nitrogens with zero attached hydrogens (tertiary/aromatic N) is 3. The molecule has 0 radical (unpaired) electrons. The van der Waals surface area contributed by atoms with Gasteiger partial charge in [0, 0.05) is 23.9 Å². The quantitative estimate of drug-likeness (QED) is 0.232. The van der Waals surface area contributed by atoms with Crippen molar-refractivity contribution >= 4 is 40.0 Å². The number of ether oxygens (including phenoxy) is 1. The Kier molecular flexibility index (Phi) is 7.31. The average Bonchev–Trinajstić information content (AvgIpc) is 3.49. The Bertz CT molecular complexity index is 1340. The fourth-order valence-electron chi connectivity index (χ4n) is 7.71. The van der Waals surface area contributed by atoms with Crippen LogP contribution in [0.3, 0.4) is 0 Å². The summed E-state index contributed by atoms with van der Waals surface area (Å²) in [4.78, 5) is 25.7. The van der Waals surface area contributed by atoms with Gasteiger partial charge in [-0.25, -0.2) is 4.79 Å². The number of carbonyl (C=O) groups is 2. The molecule has 2 heterocycles. The highest BCUT2D eigenvalue weighted by Crippen LogP contribution is 2.61. The molecular formula is C30H36N4O3S2. The van der Waals surface area contributed by atoms with E-state index in [9.17, 15) is 9.59 Å². The molecule has 2 aromatic heterocycles. The van der Waals surface area contributed by atoms with Crippen LogP contribution in [0.5, 0.6) is 0 Å². The normalized spacial score (nSPS) is 25.2. The molecule has 4 bridgehead atoms. The summed E-state index contributed by atoms with van der Waals surface area (Å²) in [7, 11) is 1.36. The zero-order chi connectivity index (χ0) is 27.1. The monoisotopic (exact) mass is 564 g/mol. The van der Waals surface area contributed by atoms with Crippen LogP contribution >= 0.6 is 23.1 Å². The summed E-state index contributed by atoms with van der Waals surface area (Å²) in [5.41, 5.74) is 3.59. The number of aromatic nitrogens is 3. The standard InChI is InChI=1S/C30H36N4O3S2/c1-4-34-24(15-30-12-19-9-20(13-30)11-21(10-19)14-30)32-33-29(34)39-17-25(35)31-27-26(28(36)37-3)23(16-38-27)22-7-5-18(2)6-8-22/h5-8,16,19-21H,4,9-15,17H2,1-3H3,(H,31,35). The summed E-state index contributed by atoms with van der Waals surface area (Å²) in [6.07, 6.45) is 9.33. The highest BCUT2D eigenvalue weighted by Gasteiger charge is 2.51. The van der Waals surface area contributed by atoms with Gasteiger partial charge in [0.1, 0.15) is 16.4 Å². The van der Waals surface area contributed by atoms with Crippen LogP contribution in [0, 0.1) is 30.1 Å². The Hall–Kier alpha value is -2.65. The zero-order valence-corrected chi connectivity index (χ0v) is 24.5. The van der Waals surface area contributed by atoms with Crippen LogP contribution in [0.25, 0.3) is 11.1 Å². The van der Waals surface area contributed by atoms with Gasteiger partial charge in [-0.2, -0.15) is 0 Å². The van der Waals surface area contributed by atoms with Crippen LogP contribution in [0.4, 0.5) is 5.00 Å². The van der Waals surface area contributed by atoms with Crippen molar-refractivity contribution < 1.29 is 14.3 Å². The predicted octanol–water partition coefficient (Wildman–Crippen LogP) is 6.61. The summed E-state index contributed by atoms with van der Waals surface area (Å²) in [5.74, 6) is 3.33. The van der Waals surface area contributed by atoms with Crippen molar-refractivity contribution in [1.29, 1.82) is 0 Å². The van der Waals surface area contributed by atoms with Crippen LogP contribution in [0.15, 0.2) is 34.8 Å². The van der Waals surface area contributed by atoms with Gasteiger partial charge < -0.3 is 14.6 Å². The molecule has 0 atom stereocenters. The van der Waals surface area contributed by atoms with Gasteiger partial charge in [-0.1, -0.05) is 41.6 Å². The fourth-order valence-corrected chi connectivity index (χ4v) is 9.50. The maximum absolute atomic E-state index is 13.0. The lowest BCUT2D eigenvalue weighted by Crippen LogP contribution is -2.47. The predicted molar refractivity (Wildman–Crippen MR) is 155 cm³/mol. The fraction of sp³-hybridized carbons (Fsp3) is 0.533. The molecule has 4 aliphatic rings. The van der Waals surface area contributed by atoms with Crippen LogP contribution in [-0.2, 0) is 22.5 Å². The van der Waals surface area contributed by atoms with Gasteiger partial charge in [-0.05, 0) is 81.1 Å². The third-order valence-electron chi connectivity index (χ3n) is 8.94. The molecule has 206 valence electrons. The minimum absolute atomic E-state index is 0.184. The minimum atomic E-state index is -0.463. The Morgan fingerprint density at radius 2 is 1.77 bits per heavy atom. The number of hydrogen-bond acceptors (Lipinski definition) is 7. The maximum Gasteiger partial charge on any atom is 0.341 e. The number of anilines is 1. The lowest BCUT2D eigenvalue weighted by atomic mass is 9.49. The van der Waals surface area contributed by atoms with E-state index in [2.05, 4.69) is 27.0 Å². The van der Waals surface area contributed by atoms with E-state index >= 15 is 0 Å². The molecule has 1 aromatic carbocycles. The number of thiophene rings is 1. The molecule has 0 saturated heterocycles. The Labute approximate surface area is 238 Å². The van der Waals surface area contributed by atoms with Crippen molar-refractivity contribution in [3.05, 3.63) is 46.6 Å². The lowest BCUT2D eigenvalue weighted by Gasteiger charge is -2.56. The summed E-state index contributed by atoms with van der Waals surface area (Å²) >= 11 is 2.74. The van der Waals surface area contributed by atoms with E-state index in [1.54, 1.807) is 0 Å². The third-order valence-corrected chi connectivity index (χ3v) is 10.8. The first-order valence-electron chi connectivity index (χ1n) is 14.0. The number of aryl methyl sites for hydroxylation is 1. The largest absolute Gasteiger partial charge is 0.465 e. The van der Waals surface area contributed by atoms with Gasteiger partial charge in [0.2, 0.25) is 5.91 Å². The highest BCUT2D eigenvalue weighted by molar-refractivity contribution is 7.99. The number of methoxy groups -OCH3 is 1. The number of nitrogens with one attached hydrogen (secondary N) is 1. The van der Waals surface area contributed by atoms with Gasteiger partial charge >= 0.3 is 5.97 Å². The molecule has 7 nitrogen and oxygen atoms in total. The summed E-state index contributed by atoms with van der Waals surface area (Å²) in [6, 6.07) is 7.96. The number of rotatable bonds is 9. The Morgan fingerprint density at radius 1 is 1.10 bits per heavy atom. The van der Waals surface area contributed by atoms with Crippen molar-refractivity contribution in [1.82, 2.24) is 14.8 Å². The number of hydrogen-bond donors (Lipinski definition) is 1. The molecule has 39 heavy (non-hydrogen) atoms. The number of carbonyl (C=O) groups excluding carboxylic acids is 2. The van der Waals surface area contributed by atoms with E-state index in [1.807, 2.05) is 36.6 Å². The van der Waals surface area contributed by atoms with Gasteiger partial charge in [-0.3, -0.25) is 4.79 Å². The van der Waals surface area contributed by atoms with Crippen molar-refractivity contribution in [3.8, 4) is 11.1 Å². The Balaban J connectivity index is 1.13. The second kappa shape index (κ2) is 10.7. The maximum atomic E-state index is 13.0. The van der Waals surface area contributed by atoms with Crippen LogP contribution in [-0.4, -0.2) is 39.5 Å². The topological polar surface area (TPSA) is 86.1 Å². The van der Waals surface area contributed by atoms with Crippen molar-refractivity contribution in [2.45, 2.75) is 70.5 Å². The van der Waals surface area contributed by atoms with E-state index in [4.69, 9.17) is 4.74 Å². The van der Waals surface area contributed by atoms with Gasteiger partial charge in [-0.15, -0.1) is 21.5 Å². The van der Waals surface area contributed by atoms with E-state index in [1.165, 1.54) is 68.7 Å². The number of thioether (sulfide) groups is 1. The first-order valence-corrected chi connectivity index (χ1v) is 15.8. The molecule has 4 fully saturated rings. The molecule has 4 saturated carbocycles. The zero-order valence-electron chi connectivity index (χ0n) is 22.9. The Morgan fingerprint density at radius 3 is 2.38 bits per heavy atom. The summed E-state index contributed by atoms with van der Waals surface area (Å²) in [5, 5.41) is 15.2. The molecule has 4 aliphatic carbocycles. The molecule has 1 N–H and O–H groups in total. The molecule has 0 spiro atoms. The van der Waals surface area contributed by atoms with Gasteiger partial charge in [0.05, 0.1) is 12.9 Å². The third kappa shape index (κ3) is 5.27. The SMILES string of the molecule is CCn1c(CC23CC4CC(CC(C4)C2)C3)nnc1SCC(=O)Nc1scc(-c2ccc(C)cc2)c1C(=O)OC. The summed E-state index contributed by atoms with van der Waals surface area (Å²) < 4.78 is 7.25. The van der Waals surface area contributed by atoms with Crippen LogP contribution < -0.4 is 5.32 Å². The second-order valence-electron chi connectivity index (χ2n) is 11.8. The van der Waals surface area contributed by atoms with Crippen LogP contribution in [0.1, 0.15) is 67.2 Å². The lowest BCUT2D eigenvalue weighted by molar-refractivity contribution is -0.113. The van der Waals surface area contributed by atoms with Crippen molar-refractivity contribution in [2.24, 2.45) is 23.2 Å². The molecule has 7 rings (SSSR count). The number of benzene rings is 1. The van der Waals surface area contributed by atoms with Crippen LogP contribution in [0.2, 0.25) is 0 Å². The van der Waals surface area contributed by atoms with E-state index in [0.717, 1.165) is 58.4 Å². The molecule has 9 heteroatoms. The molecule has 0 unspecified atom stereocenters. The highest BCUT2D eigenvalue weighted by atomic mass is 32.2. The average molecular weight is 565 g/mol. The number of esters is 1. The molecule has 3 aromatic rings. The second-order valence-corrected chi connectivity index (χ2v) is 13.6. The number of amides is 1. The summed E-state index contributed by atoms with van der Waals surface area (Å²) in [6.45, 7) is 4.93. The van der Waals surface area contributed by atoms with Crippen molar-refractivity contribution in [2.75, 3.05) is 18.2 Å². The minimum Gasteiger partial charge on any atom is -0.465 e. The smallest absolute Gasteiger partial charge is 0.341 e. The molecule has 0 aliphatic heterocycles. The first-order chi connectivity index (χ1) is 18.9. The van der Waals surface area contributed by atoms with E-state index in [0.29, 0.717) is 16.0 Å².